The van der Waals surface area contributed by atoms with Crippen molar-refractivity contribution in [2.75, 3.05) is 21.3 Å². The molecule has 0 saturated heterocycles. The van der Waals surface area contributed by atoms with Gasteiger partial charge in [0.1, 0.15) is 0 Å². The van der Waals surface area contributed by atoms with E-state index in [4.69, 9.17) is 14.2 Å². The summed E-state index contributed by atoms with van der Waals surface area (Å²) in [6.07, 6.45) is 0.792. The Morgan fingerprint density at radius 1 is 0.967 bits per heavy atom. The molecule has 0 aliphatic carbocycles. The van der Waals surface area contributed by atoms with Crippen molar-refractivity contribution in [3.63, 3.8) is 0 Å². The summed E-state index contributed by atoms with van der Waals surface area (Å²) in [5.41, 5.74) is 1.58. The molecule has 0 N–H and O–H groups in total. The van der Waals surface area contributed by atoms with Gasteiger partial charge >= 0.3 is 0 Å². The molecular weight excluding hydrogens is 398 g/mol. The molecule has 30 heavy (non-hydrogen) atoms. The third-order valence-electron chi connectivity index (χ3n) is 4.98. The van der Waals surface area contributed by atoms with Crippen LogP contribution in [0.4, 0.5) is 0 Å². The highest BCUT2D eigenvalue weighted by Gasteiger charge is 2.25. The quantitative estimate of drug-likeness (QED) is 0.481. The van der Waals surface area contributed by atoms with Crippen LogP contribution in [0.5, 0.6) is 17.2 Å². The lowest BCUT2D eigenvalue weighted by atomic mass is 10.1. The van der Waals surface area contributed by atoms with Crippen molar-refractivity contribution in [3.8, 4) is 17.2 Å². The van der Waals surface area contributed by atoms with Gasteiger partial charge in [0, 0.05) is 29.4 Å². The molecule has 0 spiro atoms. The van der Waals surface area contributed by atoms with E-state index in [0.29, 0.717) is 29.4 Å². The van der Waals surface area contributed by atoms with Crippen molar-refractivity contribution in [2.45, 2.75) is 25.9 Å². The summed E-state index contributed by atoms with van der Waals surface area (Å²) >= 11 is 1.71. The summed E-state index contributed by atoms with van der Waals surface area (Å²) in [7, 11) is 4.64. The molecule has 0 bridgehead atoms. The van der Waals surface area contributed by atoms with Crippen LogP contribution in [0.15, 0.2) is 60.0 Å². The van der Waals surface area contributed by atoms with Crippen LogP contribution in [0.3, 0.4) is 0 Å². The van der Waals surface area contributed by atoms with Gasteiger partial charge in [0.15, 0.2) is 11.5 Å². The van der Waals surface area contributed by atoms with E-state index in [0.717, 1.165) is 12.0 Å². The average Bonchev–Trinajstić information content (AvgIpc) is 3.29. The van der Waals surface area contributed by atoms with Gasteiger partial charge in [-0.15, -0.1) is 11.3 Å². The molecule has 0 fully saturated rings. The fourth-order valence-corrected chi connectivity index (χ4v) is 4.23. The average molecular weight is 426 g/mol. The van der Waals surface area contributed by atoms with Crippen molar-refractivity contribution < 1.29 is 19.0 Å². The fraction of sp³-hybridized carbons (Fsp3) is 0.292. The third kappa shape index (κ3) is 4.94. The van der Waals surface area contributed by atoms with Gasteiger partial charge in [-0.05, 0) is 36.1 Å². The molecule has 3 rings (SSSR count). The van der Waals surface area contributed by atoms with Crippen molar-refractivity contribution in [2.24, 2.45) is 0 Å². The molecule has 0 saturated carbocycles. The number of benzene rings is 2. The van der Waals surface area contributed by atoms with E-state index in [-0.39, 0.29) is 11.9 Å². The van der Waals surface area contributed by atoms with Gasteiger partial charge in [-0.25, -0.2) is 0 Å². The Bertz CT molecular complexity index is 932. The zero-order valence-corrected chi connectivity index (χ0v) is 18.6. The molecule has 1 aromatic heterocycles. The van der Waals surface area contributed by atoms with Gasteiger partial charge in [0.05, 0.1) is 21.3 Å². The van der Waals surface area contributed by atoms with E-state index < -0.39 is 0 Å². The molecule has 5 nitrogen and oxygen atoms in total. The van der Waals surface area contributed by atoms with Crippen molar-refractivity contribution in [1.29, 1.82) is 0 Å². The predicted octanol–water partition coefficient (Wildman–Crippen LogP) is 5.05. The molecule has 158 valence electrons. The van der Waals surface area contributed by atoms with E-state index in [9.17, 15) is 4.79 Å². The summed E-state index contributed by atoms with van der Waals surface area (Å²) in [6.45, 7) is 2.60. The minimum atomic E-state index is -0.0813. The lowest BCUT2D eigenvalue weighted by Crippen LogP contribution is -2.39. The van der Waals surface area contributed by atoms with Crippen molar-refractivity contribution in [3.05, 3.63) is 76.0 Å². The monoisotopic (exact) mass is 425 g/mol. The molecule has 1 atom stereocenters. The van der Waals surface area contributed by atoms with Gasteiger partial charge in [0.25, 0.3) is 5.91 Å². The van der Waals surface area contributed by atoms with Crippen LogP contribution in [0.1, 0.15) is 27.7 Å². The number of nitrogens with zero attached hydrogens (tertiary/aromatic N) is 1. The largest absolute Gasteiger partial charge is 0.493 e. The number of ether oxygens (including phenoxy) is 3. The molecule has 6 heteroatoms. The topological polar surface area (TPSA) is 48.0 Å². The number of hydrogen-bond acceptors (Lipinski definition) is 5. The smallest absolute Gasteiger partial charge is 0.254 e. The van der Waals surface area contributed by atoms with E-state index in [1.54, 1.807) is 44.8 Å². The molecule has 1 heterocycles. The summed E-state index contributed by atoms with van der Waals surface area (Å²) in [6, 6.07) is 17.6. The first-order valence-corrected chi connectivity index (χ1v) is 10.6. The number of rotatable bonds is 9. The molecule has 1 amide bonds. The number of thiophene rings is 1. The first kappa shape index (κ1) is 21.7. The van der Waals surface area contributed by atoms with Gasteiger partial charge < -0.3 is 19.1 Å². The molecule has 0 aliphatic rings. The Balaban J connectivity index is 1.96. The standard InChI is InChI=1S/C24H27NO4S/c1-17(13-20-11-8-12-30-20)25(16-18-9-6-5-7-10-18)24(26)19-14-21(27-2)23(29-4)22(15-19)28-3/h5-12,14-15,17H,13,16H2,1-4H3/t17-/m0/s1. The second-order valence-electron chi connectivity index (χ2n) is 6.97. The maximum absolute atomic E-state index is 13.6. The van der Waals surface area contributed by atoms with E-state index in [1.807, 2.05) is 41.3 Å². The number of carbonyl (C=O) groups is 1. The Morgan fingerprint density at radius 2 is 1.63 bits per heavy atom. The Morgan fingerprint density at radius 3 is 2.17 bits per heavy atom. The van der Waals surface area contributed by atoms with Gasteiger partial charge in [-0.2, -0.15) is 0 Å². The predicted molar refractivity (Wildman–Crippen MR) is 120 cm³/mol. The summed E-state index contributed by atoms with van der Waals surface area (Å²) in [5, 5.41) is 2.06. The molecular formula is C24H27NO4S. The second-order valence-corrected chi connectivity index (χ2v) is 8.00. The Hall–Kier alpha value is -2.99. The lowest BCUT2D eigenvalue weighted by molar-refractivity contribution is 0.0675. The van der Waals surface area contributed by atoms with Crippen LogP contribution in [0.2, 0.25) is 0 Å². The van der Waals surface area contributed by atoms with Crippen LogP contribution >= 0.6 is 11.3 Å². The van der Waals surface area contributed by atoms with E-state index >= 15 is 0 Å². The third-order valence-corrected chi connectivity index (χ3v) is 5.88. The molecule has 0 radical (unpaired) electrons. The van der Waals surface area contributed by atoms with Crippen molar-refractivity contribution >= 4 is 17.2 Å². The maximum atomic E-state index is 13.6. The zero-order chi connectivity index (χ0) is 21.5. The van der Waals surface area contributed by atoms with Gasteiger partial charge in [0.2, 0.25) is 5.75 Å². The molecule has 0 aliphatic heterocycles. The number of methoxy groups -OCH3 is 3. The zero-order valence-electron chi connectivity index (χ0n) is 17.8. The highest BCUT2D eigenvalue weighted by atomic mass is 32.1. The van der Waals surface area contributed by atoms with Gasteiger partial charge in [-0.1, -0.05) is 36.4 Å². The summed E-state index contributed by atoms with van der Waals surface area (Å²) in [5.74, 6) is 1.32. The first-order chi connectivity index (χ1) is 14.6. The number of carbonyl (C=O) groups excluding carboxylic acids is 1. The van der Waals surface area contributed by atoms with Crippen LogP contribution in [0.25, 0.3) is 0 Å². The molecule has 0 unspecified atom stereocenters. The Labute approximate surface area is 181 Å². The van der Waals surface area contributed by atoms with Crippen LogP contribution in [-0.4, -0.2) is 38.2 Å². The highest BCUT2D eigenvalue weighted by molar-refractivity contribution is 7.09. The van der Waals surface area contributed by atoms with E-state index in [1.165, 1.54) is 4.88 Å². The summed E-state index contributed by atoms with van der Waals surface area (Å²) < 4.78 is 16.3. The number of amides is 1. The SMILES string of the molecule is COc1cc(C(=O)N(Cc2ccccc2)[C@@H](C)Cc2cccs2)cc(OC)c1OC. The summed E-state index contributed by atoms with van der Waals surface area (Å²) in [4.78, 5) is 16.8. The molecule has 3 aromatic rings. The maximum Gasteiger partial charge on any atom is 0.254 e. The van der Waals surface area contributed by atoms with E-state index in [2.05, 4.69) is 18.4 Å². The van der Waals surface area contributed by atoms with Crippen LogP contribution in [0, 0.1) is 0 Å². The van der Waals surface area contributed by atoms with Crippen LogP contribution < -0.4 is 14.2 Å². The minimum absolute atomic E-state index is 0.00967. The fourth-order valence-electron chi connectivity index (χ4n) is 3.41. The molecule has 2 aromatic carbocycles. The second kappa shape index (κ2) is 10.2. The van der Waals surface area contributed by atoms with Crippen LogP contribution in [-0.2, 0) is 13.0 Å². The normalized spacial score (nSPS) is 11.6. The number of hydrogen-bond donors (Lipinski definition) is 0. The first-order valence-electron chi connectivity index (χ1n) is 9.74. The Kier molecular flexibility index (Phi) is 7.36. The van der Waals surface area contributed by atoms with Gasteiger partial charge in [-0.3, -0.25) is 4.79 Å². The highest BCUT2D eigenvalue weighted by Crippen LogP contribution is 2.38. The lowest BCUT2D eigenvalue weighted by Gasteiger charge is -2.30. The van der Waals surface area contributed by atoms with Crippen molar-refractivity contribution in [1.82, 2.24) is 4.90 Å². The minimum Gasteiger partial charge on any atom is -0.493 e.